The van der Waals surface area contributed by atoms with Crippen molar-refractivity contribution < 1.29 is 4.79 Å². The minimum absolute atomic E-state index is 0.143. The van der Waals surface area contributed by atoms with Gasteiger partial charge in [0.15, 0.2) is 5.78 Å². The SMILES string of the molecule is CNC[C@H]1CC[C@H](Nc2c(C(=O)C3CC3)cnc3ccc(-c4cc(Cl)c(C)c(Cl)c4)cc23)CC1. The number of carbonyl (C=O) groups excluding carboxylic acids is 1. The van der Waals surface area contributed by atoms with Gasteiger partial charge in [-0.05, 0) is 106 Å². The third kappa shape index (κ3) is 4.82. The monoisotopic (exact) mass is 495 g/mol. The van der Waals surface area contributed by atoms with Gasteiger partial charge in [0, 0.05) is 33.6 Å². The molecular weight excluding hydrogens is 465 g/mol. The molecule has 0 unspecified atom stereocenters. The molecule has 2 aliphatic carbocycles. The molecule has 6 heteroatoms. The Morgan fingerprint density at radius 3 is 2.35 bits per heavy atom. The van der Waals surface area contributed by atoms with Gasteiger partial charge >= 0.3 is 0 Å². The van der Waals surface area contributed by atoms with Crippen LogP contribution in [0.4, 0.5) is 5.69 Å². The van der Waals surface area contributed by atoms with Gasteiger partial charge in [0.2, 0.25) is 0 Å². The minimum Gasteiger partial charge on any atom is -0.381 e. The third-order valence-corrected chi connectivity index (χ3v) is 8.17. The maximum Gasteiger partial charge on any atom is 0.169 e. The fourth-order valence-corrected chi connectivity index (χ4v) is 5.58. The quantitative estimate of drug-likeness (QED) is 0.337. The van der Waals surface area contributed by atoms with Crippen LogP contribution in [0.5, 0.6) is 0 Å². The van der Waals surface area contributed by atoms with E-state index in [2.05, 4.69) is 21.7 Å². The summed E-state index contributed by atoms with van der Waals surface area (Å²) in [6, 6.07) is 10.4. The molecule has 1 heterocycles. The third-order valence-electron chi connectivity index (χ3n) is 7.38. The summed E-state index contributed by atoms with van der Waals surface area (Å²) in [5, 5.41) is 9.38. The van der Waals surface area contributed by atoms with E-state index in [1.165, 1.54) is 12.8 Å². The van der Waals surface area contributed by atoms with E-state index in [9.17, 15) is 4.79 Å². The molecule has 2 aromatic carbocycles. The molecule has 2 fully saturated rings. The van der Waals surface area contributed by atoms with Crippen molar-refractivity contribution in [3.63, 3.8) is 0 Å². The summed E-state index contributed by atoms with van der Waals surface area (Å²) in [5.74, 6) is 1.09. The number of ketones is 1. The van der Waals surface area contributed by atoms with Crippen molar-refractivity contribution in [2.45, 2.75) is 51.5 Å². The lowest BCUT2D eigenvalue weighted by Crippen LogP contribution is -2.30. The zero-order chi connectivity index (χ0) is 23.8. The first kappa shape index (κ1) is 23.6. The fourth-order valence-electron chi connectivity index (χ4n) is 5.10. The Kier molecular flexibility index (Phi) is 6.83. The molecule has 0 spiro atoms. The van der Waals surface area contributed by atoms with E-state index in [-0.39, 0.29) is 11.7 Å². The lowest BCUT2D eigenvalue weighted by atomic mass is 9.85. The molecule has 3 aromatic rings. The van der Waals surface area contributed by atoms with Crippen molar-refractivity contribution in [1.29, 1.82) is 0 Å². The number of hydrogen-bond donors (Lipinski definition) is 2. The first-order valence-corrected chi connectivity index (χ1v) is 13.0. The van der Waals surface area contributed by atoms with E-state index < -0.39 is 0 Å². The molecule has 2 N–H and O–H groups in total. The number of nitrogens with zero attached hydrogens (tertiary/aromatic N) is 1. The lowest BCUT2D eigenvalue weighted by molar-refractivity contribution is 0.0968. The fraction of sp³-hybridized carbons (Fsp3) is 0.429. The number of hydrogen-bond acceptors (Lipinski definition) is 4. The van der Waals surface area contributed by atoms with Gasteiger partial charge in [0.05, 0.1) is 16.8 Å². The Bertz CT molecular complexity index is 1210. The highest BCUT2D eigenvalue weighted by Crippen LogP contribution is 2.39. The summed E-state index contributed by atoms with van der Waals surface area (Å²) in [7, 11) is 2.02. The molecule has 0 aliphatic heterocycles. The van der Waals surface area contributed by atoms with Crippen molar-refractivity contribution >= 4 is 45.6 Å². The van der Waals surface area contributed by atoms with Crippen LogP contribution in [0.2, 0.25) is 10.0 Å². The summed E-state index contributed by atoms with van der Waals surface area (Å²) in [4.78, 5) is 17.9. The predicted molar refractivity (Wildman–Crippen MR) is 142 cm³/mol. The second kappa shape index (κ2) is 9.85. The molecule has 1 aromatic heterocycles. The van der Waals surface area contributed by atoms with Gasteiger partial charge in [-0.2, -0.15) is 0 Å². The Labute approximate surface area is 211 Å². The maximum absolute atomic E-state index is 13.2. The predicted octanol–water partition coefficient (Wildman–Crippen LogP) is 7.30. The molecule has 0 saturated heterocycles. The standard InChI is InChI=1S/C28H31Cl2N3O/c1-16-24(29)12-20(13-25(16)30)19-7-10-26-22(11-19)27(23(15-32-26)28(34)18-5-6-18)33-21-8-3-17(4-9-21)14-31-2/h7,10-13,15,17-18,21,31H,3-6,8-9,14H2,1-2H3,(H,32,33)/t17-,21-. The number of aromatic nitrogens is 1. The van der Waals surface area contributed by atoms with Crippen molar-refractivity contribution in [3.05, 3.63) is 57.7 Å². The molecule has 4 nitrogen and oxygen atoms in total. The molecule has 0 bridgehead atoms. The number of halogens is 2. The number of anilines is 1. The smallest absolute Gasteiger partial charge is 0.169 e. The number of benzene rings is 2. The van der Waals surface area contributed by atoms with Gasteiger partial charge in [-0.15, -0.1) is 0 Å². The van der Waals surface area contributed by atoms with E-state index in [4.69, 9.17) is 23.2 Å². The zero-order valence-electron chi connectivity index (χ0n) is 19.8. The van der Waals surface area contributed by atoms with E-state index in [0.717, 1.165) is 77.0 Å². The van der Waals surface area contributed by atoms with Crippen LogP contribution in [0.25, 0.3) is 22.0 Å². The number of nitrogens with one attached hydrogen (secondary N) is 2. The summed E-state index contributed by atoms with van der Waals surface area (Å²) < 4.78 is 0. The molecule has 0 atom stereocenters. The Hall–Kier alpha value is -2.14. The lowest BCUT2D eigenvalue weighted by Gasteiger charge is -2.30. The van der Waals surface area contributed by atoms with Crippen LogP contribution in [-0.2, 0) is 0 Å². The number of Topliss-reactive ketones (excluding diaryl/α,β-unsaturated/α-hetero) is 1. The van der Waals surface area contributed by atoms with Crippen LogP contribution in [0.1, 0.15) is 54.4 Å². The molecule has 2 saturated carbocycles. The van der Waals surface area contributed by atoms with Gasteiger partial charge in [-0.3, -0.25) is 9.78 Å². The number of pyridine rings is 1. The summed E-state index contributed by atoms with van der Waals surface area (Å²) >= 11 is 12.9. The van der Waals surface area contributed by atoms with Crippen LogP contribution in [0.15, 0.2) is 36.5 Å². The second-order valence-corrected chi connectivity index (χ2v) is 10.7. The first-order valence-electron chi connectivity index (χ1n) is 12.3. The molecule has 0 amide bonds. The molecule has 34 heavy (non-hydrogen) atoms. The number of rotatable bonds is 7. The normalized spacial score (nSPS) is 20.5. The minimum atomic E-state index is 0.143. The summed E-state index contributed by atoms with van der Waals surface area (Å²) in [5.41, 5.74) is 5.39. The van der Waals surface area contributed by atoms with Crippen LogP contribution in [0.3, 0.4) is 0 Å². The molecular formula is C28H31Cl2N3O. The highest BCUT2D eigenvalue weighted by Gasteiger charge is 2.33. The van der Waals surface area contributed by atoms with Crippen LogP contribution in [0, 0.1) is 18.8 Å². The Morgan fingerprint density at radius 1 is 1.00 bits per heavy atom. The molecule has 0 radical (unpaired) electrons. The van der Waals surface area contributed by atoms with Crippen molar-refractivity contribution in [1.82, 2.24) is 10.3 Å². The summed E-state index contributed by atoms with van der Waals surface area (Å²) in [6.45, 7) is 2.99. The zero-order valence-corrected chi connectivity index (χ0v) is 21.3. The van der Waals surface area contributed by atoms with Crippen molar-refractivity contribution in [3.8, 4) is 11.1 Å². The number of fused-ring (bicyclic) bond motifs is 1. The van der Waals surface area contributed by atoms with Gasteiger partial charge in [-0.25, -0.2) is 0 Å². The highest BCUT2D eigenvalue weighted by atomic mass is 35.5. The molecule has 5 rings (SSSR count). The summed E-state index contributed by atoms with van der Waals surface area (Å²) in [6.07, 6.45) is 8.33. The van der Waals surface area contributed by atoms with Crippen LogP contribution < -0.4 is 10.6 Å². The molecule has 2 aliphatic rings. The van der Waals surface area contributed by atoms with E-state index >= 15 is 0 Å². The second-order valence-electron chi connectivity index (χ2n) is 9.90. The Balaban J connectivity index is 1.55. The van der Waals surface area contributed by atoms with Gasteiger partial charge in [0.1, 0.15) is 0 Å². The maximum atomic E-state index is 13.2. The van der Waals surface area contributed by atoms with Crippen molar-refractivity contribution in [2.75, 3.05) is 18.9 Å². The molecule has 178 valence electrons. The van der Waals surface area contributed by atoms with E-state index in [0.29, 0.717) is 16.1 Å². The van der Waals surface area contributed by atoms with Crippen molar-refractivity contribution in [2.24, 2.45) is 11.8 Å². The average Bonchev–Trinajstić information content (AvgIpc) is 3.69. The van der Waals surface area contributed by atoms with Gasteiger partial charge in [-0.1, -0.05) is 29.3 Å². The van der Waals surface area contributed by atoms with Crippen LogP contribution >= 0.6 is 23.2 Å². The van der Waals surface area contributed by atoms with E-state index in [1.807, 2.05) is 38.2 Å². The van der Waals surface area contributed by atoms with E-state index in [1.54, 1.807) is 6.20 Å². The largest absolute Gasteiger partial charge is 0.381 e. The number of carbonyl (C=O) groups is 1. The Morgan fingerprint density at radius 2 is 1.71 bits per heavy atom. The first-order chi connectivity index (χ1) is 16.4. The van der Waals surface area contributed by atoms with Crippen LogP contribution in [-0.4, -0.2) is 30.4 Å². The highest BCUT2D eigenvalue weighted by molar-refractivity contribution is 6.36. The topological polar surface area (TPSA) is 54.0 Å². The average molecular weight is 496 g/mol. The van der Waals surface area contributed by atoms with Gasteiger partial charge < -0.3 is 10.6 Å². The van der Waals surface area contributed by atoms with Gasteiger partial charge in [0.25, 0.3) is 0 Å².